The van der Waals surface area contributed by atoms with Crippen LogP contribution in [0.15, 0.2) is 30.3 Å². The summed E-state index contributed by atoms with van der Waals surface area (Å²) in [5.41, 5.74) is -3.04. The maximum absolute atomic E-state index is 12.7. The Balaban J connectivity index is 3.43. The average molecular weight is 290 g/mol. The highest BCUT2D eigenvalue weighted by molar-refractivity contribution is 6.05. The molecule has 0 aliphatic heterocycles. The lowest BCUT2D eigenvalue weighted by molar-refractivity contribution is -0.182. The summed E-state index contributed by atoms with van der Waals surface area (Å²) in [6.45, 7) is 1.18. The Morgan fingerprint density at radius 1 is 1.20 bits per heavy atom. The first kappa shape index (κ1) is 16.0. The van der Waals surface area contributed by atoms with Crippen LogP contribution in [0, 0.1) is 0 Å². The van der Waals surface area contributed by atoms with Crippen LogP contribution in [-0.4, -0.2) is 29.8 Å². The molecule has 4 nitrogen and oxygen atoms in total. The fraction of sp³-hybridized carbons (Fsp3) is 0.385. The zero-order valence-electron chi connectivity index (χ0n) is 10.6. The summed E-state index contributed by atoms with van der Waals surface area (Å²) in [4.78, 5) is 23.3. The molecule has 20 heavy (non-hydrogen) atoms. The molecule has 0 saturated heterocycles. The fourth-order valence-electron chi connectivity index (χ4n) is 1.86. The number of halogens is 3. The highest BCUT2D eigenvalue weighted by atomic mass is 19.4. The van der Waals surface area contributed by atoms with Crippen molar-refractivity contribution in [1.29, 1.82) is 0 Å². The number of carboxylic acids is 1. The summed E-state index contributed by atoms with van der Waals surface area (Å²) in [5, 5.41) is 9.24. The van der Waals surface area contributed by atoms with E-state index in [9.17, 15) is 27.9 Å². The second-order valence-electron chi connectivity index (χ2n) is 4.09. The molecule has 1 aromatic rings. The Hall–Kier alpha value is -2.05. The van der Waals surface area contributed by atoms with Crippen molar-refractivity contribution in [2.24, 2.45) is 0 Å². The summed E-state index contributed by atoms with van der Waals surface area (Å²) in [6, 6.07) is 6.56. The van der Waals surface area contributed by atoms with Gasteiger partial charge in [0, 0.05) is 0 Å². The Morgan fingerprint density at radius 2 is 1.75 bits per heavy atom. The van der Waals surface area contributed by atoms with Gasteiger partial charge in [-0.1, -0.05) is 30.3 Å². The van der Waals surface area contributed by atoms with Gasteiger partial charge in [-0.2, -0.15) is 13.2 Å². The minimum Gasteiger partial charge on any atom is -0.480 e. The molecule has 0 aromatic heterocycles. The number of rotatable bonds is 5. The Labute approximate surface area is 113 Å². The lowest BCUT2D eigenvalue weighted by atomic mass is 9.77. The van der Waals surface area contributed by atoms with Gasteiger partial charge >= 0.3 is 18.1 Å². The van der Waals surface area contributed by atoms with Gasteiger partial charge in [-0.05, 0) is 12.5 Å². The van der Waals surface area contributed by atoms with Crippen LogP contribution in [0.4, 0.5) is 13.2 Å². The third kappa shape index (κ3) is 3.28. The number of hydrogen-bond donors (Lipinski definition) is 1. The van der Waals surface area contributed by atoms with Gasteiger partial charge in [0.05, 0.1) is 13.0 Å². The number of carbonyl (C=O) groups excluding carboxylic acids is 1. The fourth-order valence-corrected chi connectivity index (χ4v) is 1.86. The first-order chi connectivity index (χ1) is 9.24. The number of hydrogen-bond acceptors (Lipinski definition) is 3. The molecule has 1 unspecified atom stereocenters. The van der Waals surface area contributed by atoms with Crippen LogP contribution >= 0.6 is 0 Å². The zero-order valence-corrected chi connectivity index (χ0v) is 10.6. The van der Waals surface area contributed by atoms with Crippen LogP contribution in [0.1, 0.15) is 18.9 Å². The Bertz CT molecular complexity index is 484. The van der Waals surface area contributed by atoms with E-state index in [0.717, 1.165) is 12.1 Å². The normalized spacial score (nSPS) is 14.4. The second kappa shape index (κ2) is 5.94. The van der Waals surface area contributed by atoms with E-state index < -0.39 is 30.0 Å². The molecule has 0 aliphatic carbocycles. The SMILES string of the molecule is CCOC(=O)C(CC(F)(F)F)(C(=O)O)c1ccccc1. The summed E-state index contributed by atoms with van der Waals surface area (Å²) >= 11 is 0. The maximum Gasteiger partial charge on any atom is 0.391 e. The molecule has 0 radical (unpaired) electrons. The van der Waals surface area contributed by atoms with Crippen LogP contribution in [0.3, 0.4) is 0 Å². The van der Waals surface area contributed by atoms with E-state index in [2.05, 4.69) is 4.74 Å². The highest BCUT2D eigenvalue weighted by Crippen LogP contribution is 2.38. The standard InChI is InChI=1S/C13H13F3O4/c1-2-20-11(19)12(10(17)18,8-13(14,15)16)9-6-4-3-5-7-9/h3-7H,2,8H2,1H3,(H,17,18). The van der Waals surface area contributed by atoms with Crippen molar-refractivity contribution in [3.05, 3.63) is 35.9 Å². The van der Waals surface area contributed by atoms with Crippen molar-refractivity contribution in [3.8, 4) is 0 Å². The van der Waals surface area contributed by atoms with Crippen LogP contribution < -0.4 is 0 Å². The molecule has 7 heteroatoms. The van der Waals surface area contributed by atoms with Gasteiger partial charge in [0.25, 0.3) is 0 Å². The van der Waals surface area contributed by atoms with Crippen molar-refractivity contribution in [2.75, 3.05) is 6.61 Å². The number of carbonyl (C=O) groups is 2. The molecule has 0 heterocycles. The van der Waals surface area contributed by atoms with Gasteiger partial charge in [0.1, 0.15) is 0 Å². The van der Waals surface area contributed by atoms with Crippen LogP contribution in [0.2, 0.25) is 0 Å². The second-order valence-corrected chi connectivity index (χ2v) is 4.09. The lowest BCUT2D eigenvalue weighted by Gasteiger charge is -2.28. The van der Waals surface area contributed by atoms with Crippen molar-refractivity contribution in [3.63, 3.8) is 0 Å². The molecule has 1 aromatic carbocycles. The molecule has 0 aliphatic rings. The van der Waals surface area contributed by atoms with E-state index in [-0.39, 0.29) is 12.2 Å². The molecule has 1 atom stereocenters. The van der Waals surface area contributed by atoms with E-state index >= 15 is 0 Å². The van der Waals surface area contributed by atoms with Gasteiger partial charge in [-0.15, -0.1) is 0 Å². The third-order valence-corrected chi connectivity index (χ3v) is 2.72. The van der Waals surface area contributed by atoms with Crippen LogP contribution in [-0.2, 0) is 19.7 Å². The van der Waals surface area contributed by atoms with Crippen LogP contribution in [0.5, 0.6) is 0 Å². The number of benzene rings is 1. The molecule has 0 amide bonds. The molecule has 1 rings (SSSR count). The van der Waals surface area contributed by atoms with Crippen molar-refractivity contribution in [2.45, 2.75) is 24.9 Å². The predicted octanol–water partition coefficient (Wildman–Crippen LogP) is 2.52. The minimum absolute atomic E-state index is 0.210. The molecule has 110 valence electrons. The number of alkyl halides is 3. The number of aliphatic carboxylic acids is 1. The quantitative estimate of drug-likeness (QED) is 0.668. The van der Waals surface area contributed by atoms with Crippen molar-refractivity contribution < 1.29 is 32.6 Å². The largest absolute Gasteiger partial charge is 0.480 e. The number of ether oxygens (including phenoxy) is 1. The van der Waals surface area contributed by atoms with Crippen LogP contribution in [0.25, 0.3) is 0 Å². The predicted molar refractivity (Wildman–Crippen MR) is 63.1 cm³/mol. The van der Waals surface area contributed by atoms with Crippen molar-refractivity contribution in [1.82, 2.24) is 0 Å². The van der Waals surface area contributed by atoms with Gasteiger partial charge in [0.2, 0.25) is 0 Å². The summed E-state index contributed by atoms with van der Waals surface area (Å²) in [7, 11) is 0. The van der Waals surface area contributed by atoms with E-state index in [1.54, 1.807) is 0 Å². The van der Waals surface area contributed by atoms with Crippen molar-refractivity contribution >= 4 is 11.9 Å². The first-order valence-electron chi connectivity index (χ1n) is 5.77. The zero-order chi connectivity index (χ0) is 15.4. The van der Waals surface area contributed by atoms with Gasteiger partial charge in [-0.25, -0.2) is 0 Å². The van der Waals surface area contributed by atoms with E-state index in [0.29, 0.717) is 0 Å². The van der Waals surface area contributed by atoms with Gasteiger partial charge < -0.3 is 9.84 Å². The van der Waals surface area contributed by atoms with Gasteiger partial charge in [0.15, 0.2) is 5.41 Å². The molecule has 0 fully saturated rings. The smallest absolute Gasteiger partial charge is 0.391 e. The molecular formula is C13H13F3O4. The number of esters is 1. The first-order valence-corrected chi connectivity index (χ1v) is 5.77. The average Bonchev–Trinajstić information content (AvgIpc) is 2.35. The highest BCUT2D eigenvalue weighted by Gasteiger charge is 2.56. The molecule has 1 N–H and O–H groups in total. The molecular weight excluding hydrogens is 277 g/mol. The summed E-state index contributed by atoms with van der Waals surface area (Å²) in [5.74, 6) is -3.31. The van der Waals surface area contributed by atoms with E-state index in [1.165, 1.54) is 25.1 Å². The van der Waals surface area contributed by atoms with Gasteiger partial charge in [-0.3, -0.25) is 9.59 Å². The Kier molecular flexibility index (Phi) is 4.75. The van der Waals surface area contributed by atoms with E-state index in [4.69, 9.17) is 0 Å². The Morgan fingerprint density at radius 3 is 2.15 bits per heavy atom. The third-order valence-electron chi connectivity index (χ3n) is 2.72. The molecule has 0 bridgehead atoms. The number of carboxylic acid groups (broad SMARTS) is 1. The maximum atomic E-state index is 12.7. The lowest BCUT2D eigenvalue weighted by Crippen LogP contribution is -2.48. The molecule has 0 saturated carbocycles. The monoisotopic (exact) mass is 290 g/mol. The topological polar surface area (TPSA) is 63.6 Å². The summed E-state index contributed by atoms with van der Waals surface area (Å²) < 4.78 is 42.7. The summed E-state index contributed by atoms with van der Waals surface area (Å²) in [6.07, 6.45) is -6.65. The molecule has 0 spiro atoms. The van der Waals surface area contributed by atoms with E-state index in [1.807, 2.05) is 0 Å². The minimum atomic E-state index is -4.83.